The fourth-order valence-electron chi connectivity index (χ4n) is 2.83. The van der Waals surface area contributed by atoms with Gasteiger partial charge in [0.2, 0.25) is 5.67 Å². The molecule has 0 spiro atoms. The van der Waals surface area contributed by atoms with Gasteiger partial charge in [0.05, 0.1) is 6.20 Å². The number of alkyl halides is 1. The molecule has 2 heterocycles. The maximum absolute atomic E-state index is 14.7. The highest BCUT2D eigenvalue weighted by atomic mass is 19.1. The lowest BCUT2D eigenvalue weighted by Crippen LogP contribution is -2.37. The van der Waals surface area contributed by atoms with Crippen molar-refractivity contribution in [3.63, 3.8) is 0 Å². The van der Waals surface area contributed by atoms with Crippen molar-refractivity contribution in [2.24, 2.45) is 7.05 Å². The van der Waals surface area contributed by atoms with E-state index >= 15 is 0 Å². The van der Waals surface area contributed by atoms with Crippen LogP contribution in [0, 0.1) is 0 Å². The van der Waals surface area contributed by atoms with E-state index in [4.69, 9.17) is 0 Å². The van der Waals surface area contributed by atoms with E-state index in [1.807, 2.05) is 24.4 Å². The summed E-state index contributed by atoms with van der Waals surface area (Å²) in [5.74, 6) is -0.422. The molecule has 0 bridgehead atoms. The van der Waals surface area contributed by atoms with E-state index in [2.05, 4.69) is 20.6 Å². The number of aromatic nitrogens is 4. The van der Waals surface area contributed by atoms with Crippen LogP contribution in [0.1, 0.15) is 6.42 Å². The molecule has 6 nitrogen and oxygen atoms in total. The summed E-state index contributed by atoms with van der Waals surface area (Å²) in [4.78, 5) is 16.5. The number of rotatable bonds is 3. The summed E-state index contributed by atoms with van der Waals surface area (Å²) in [6.07, 6.45) is 9.61. The molecule has 0 saturated heterocycles. The minimum Gasteiger partial charge on any atom is -0.308 e. The quantitative estimate of drug-likeness (QED) is 0.788. The Morgan fingerprint density at radius 2 is 2.15 bits per heavy atom. The van der Waals surface area contributed by atoms with Crippen LogP contribution in [0.4, 0.5) is 10.2 Å². The molecule has 1 amide bonds. The van der Waals surface area contributed by atoms with Crippen LogP contribution in [0.5, 0.6) is 0 Å². The average molecular weight is 349 g/mol. The maximum Gasteiger partial charge on any atom is 0.267 e. The molecule has 1 aliphatic carbocycles. The Balaban J connectivity index is 1.63. The van der Waals surface area contributed by atoms with Gasteiger partial charge in [-0.05, 0) is 23.6 Å². The van der Waals surface area contributed by atoms with Crippen LogP contribution >= 0.6 is 0 Å². The first-order valence-corrected chi connectivity index (χ1v) is 8.15. The van der Waals surface area contributed by atoms with Crippen LogP contribution in [0.3, 0.4) is 0 Å². The fourth-order valence-corrected chi connectivity index (χ4v) is 2.83. The van der Waals surface area contributed by atoms with E-state index in [1.165, 1.54) is 12.2 Å². The SMILES string of the molecule is Cn1cc(-c2ccc3cnc(NC(=O)C4(F)C=CC=CC4)cc3c2)nn1. The molecule has 0 fully saturated rings. The van der Waals surface area contributed by atoms with Crippen molar-refractivity contribution >= 4 is 22.5 Å². The van der Waals surface area contributed by atoms with Crippen molar-refractivity contribution in [2.75, 3.05) is 5.32 Å². The van der Waals surface area contributed by atoms with Gasteiger partial charge in [-0.15, -0.1) is 5.10 Å². The summed E-state index contributed by atoms with van der Waals surface area (Å²) in [6.45, 7) is 0. The van der Waals surface area contributed by atoms with Crippen molar-refractivity contribution in [3.8, 4) is 11.3 Å². The molecule has 1 N–H and O–H groups in total. The second-order valence-electron chi connectivity index (χ2n) is 6.22. The second kappa shape index (κ2) is 6.18. The summed E-state index contributed by atoms with van der Waals surface area (Å²) in [5, 5.41) is 12.4. The Labute approximate surface area is 149 Å². The van der Waals surface area contributed by atoms with Crippen molar-refractivity contribution in [1.29, 1.82) is 0 Å². The van der Waals surface area contributed by atoms with Gasteiger partial charge in [-0.1, -0.05) is 35.6 Å². The summed E-state index contributed by atoms with van der Waals surface area (Å²) in [6, 6.07) is 7.51. The zero-order valence-corrected chi connectivity index (χ0v) is 14.1. The van der Waals surface area contributed by atoms with E-state index in [-0.39, 0.29) is 6.42 Å². The number of hydrogen-bond donors (Lipinski definition) is 1. The molecule has 0 radical (unpaired) electrons. The summed E-state index contributed by atoms with van der Waals surface area (Å²) in [5.41, 5.74) is -0.401. The van der Waals surface area contributed by atoms with Gasteiger partial charge in [0.25, 0.3) is 5.91 Å². The van der Waals surface area contributed by atoms with Gasteiger partial charge >= 0.3 is 0 Å². The van der Waals surface area contributed by atoms with E-state index in [1.54, 1.807) is 36.1 Å². The predicted octanol–water partition coefficient (Wildman–Crippen LogP) is 3.19. The highest BCUT2D eigenvalue weighted by Crippen LogP contribution is 2.26. The van der Waals surface area contributed by atoms with Gasteiger partial charge in [-0.3, -0.25) is 9.48 Å². The Morgan fingerprint density at radius 1 is 1.27 bits per heavy atom. The molecule has 0 aliphatic heterocycles. The average Bonchev–Trinajstić information content (AvgIpc) is 3.08. The molecular formula is C19H16FN5O. The lowest BCUT2D eigenvalue weighted by molar-refractivity contribution is -0.124. The van der Waals surface area contributed by atoms with Crippen molar-refractivity contribution in [1.82, 2.24) is 20.0 Å². The fraction of sp³-hybridized carbons (Fsp3) is 0.158. The van der Waals surface area contributed by atoms with Gasteiger partial charge in [0.15, 0.2) is 0 Å². The molecule has 1 unspecified atom stereocenters. The number of allylic oxidation sites excluding steroid dienone is 3. The Morgan fingerprint density at radius 3 is 2.88 bits per heavy atom. The minimum absolute atomic E-state index is 0.0136. The second-order valence-corrected chi connectivity index (χ2v) is 6.22. The van der Waals surface area contributed by atoms with Gasteiger partial charge < -0.3 is 5.32 Å². The zero-order chi connectivity index (χ0) is 18.1. The Bertz CT molecular complexity index is 1060. The van der Waals surface area contributed by atoms with Crippen molar-refractivity contribution < 1.29 is 9.18 Å². The zero-order valence-electron chi connectivity index (χ0n) is 14.1. The third kappa shape index (κ3) is 2.99. The standard InChI is InChI=1S/C19H16FN5O/c1-25-12-16(23-24-25)13-5-6-14-11-21-17(10-15(14)9-13)22-18(26)19(20)7-3-2-4-8-19/h2-7,9-12H,8H2,1H3,(H,21,22,26). The first kappa shape index (κ1) is 16.1. The van der Waals surface area contributed by atoms with Gasteiger partial charge in [-0.2, -0.15) is 0 Å². The van der Waals surface area contributed by atoms with Crippen LogP contribution < -0.4 is 5.32 Å². The van der Waals surface area contributed by atoms with Crippen LogP contribution in [-0.2, 0) is 11.8 Å². The van der Waals surface area contributed by atoms with Crippen LogP contribution in [0.2, 0.25) is 0 Å². The monoisotopic (exact) mass is 349 g/mol. The third-order valence-corrected chi connectivity index (χ3v) is 4.26. The Hall–Kier alpha value is -3.35. The van der Waals surface area contributed by atoms with Crippen LogP contribution in [0.25, 0.3) is 22.0 Å². The number of amides is 1. The largest absolute Gasteiger partial charge is 0.308 e. The molecule has 1 atom stereocenters. The first-order chi connectivity index (χ1) is 12.5. The number of aryl methyl sites for hydroxylation is 1. The first-order valence-electron chi connectivity index (χ1n) is 8.15. The molecule has 7 heteroatoms. The van der Waals surface area contributed by atoms with E-state index in [0.29, 0.717) is 5.82 Å². The summed E-state index contributed by atoms with van der Waals surface area (Å²) in [7, 11) is 1.80. The number of nitrogens with zero attached hydrogens (tertiary/aromatic N) is 4. The summed E-state index contributed by atoms with van der Waals surface area (Å²) < 4.78 is 16.3. The van der Waals surface area contributed by atoms with Crippen LogP contribution in [0.15, 0.2) is 61.0 Å². The van der Waals surface area contributed by atoms with Gasteiger partial charge in [0.1, 0.15) is 11.5 Å². The molecule has 1 aromatic carbocycles. The molecule has 1 aliphatic rings. The number of anilines is 1. The molecule has 26 heavy (non-hydrogen) atoms. The van der Waals surface area contributed by atoms with E-state index in [9.17, 15) is 9.18 Å². The molecule has 130 valence electrons. The third-order valence-electron chi connectivity index (χ3n) is 4.26. The smallest absolute Gasteiger partial charge is 0.267 e. The van der Waals surface area contributed by atoms with E-state index in [0.717, 1.165) is 22.0 Å². The topological polar surface area (TPSA) is 72.7 Å². The number of pyridine rings is 1. The van der Waals surface area contributed by atoms with E-state index < -0.39 is 11.6 Å². The molecular weight excluding hydrogens is 333 g/mol. The molecule has 4 rings (SSSR count). The van der Waals surface area contributed by atoms with Gasteiger partial charge in [0, 0.05) is 30.6 Å². The number of hydrogen-bond acceptors (Lipinski definition) is 4. The van der Waals surface area contributed by atoms with Crippen molar-refractivity contribution in [2.45, 2.75) is 12.1 Å². The molecule has 2 aromatic heterocycles. The lowest BCUT2D eigenvalue weighted by Gasteiger charge is -2.20. The highest BCUT2D eigenvalue weighted by molar-refractivity contribution is 6.00. The molecule has 3 aromatic rings. The van der Waals surface area contributed by atoms with Crippen molar-refractivity contribution in [3.05, 3.63) is 61.0 Å². The number of fused-ring (bicyclic) bond motifs is 1. The molecule has 0 saturated carbocycles. The predicted molar refractivity (Wildman–Crippen MR) is 97.1 cm³/mol. The number of carbonyl (C=O) groups is 1. The van der Waals surface area contributed by atoms with Crippen LogP contribution in [-0.4, -0.2) is 31.6 Å². The highest BCUT2D eigenvalue weighted by Gasteiger charge is 2.35. The number of nitrogens with one attached hydrogen (secondary N) is 1. The number of carbonyl (C=O) groups excluding carboxylic acids is 1. The minimum atomic E-state index is -2.05. The normalized spacial score (nSPS) is 19.0. The number of benzene rings is 1. The van der Waals surface area contributed by atoms with Gasteiger partial charge in [-0.25, -0.2) is 9.37 Å². The lowest BCUT2D eigenvalue weighted by atomic mass is 9.96. The number of halogens is 1. The summed E-state index contributed by atoms with van der Waals surface area (Å²) >= 11 is 0. The Kier molecular flexibility index (Phi) is 3.84. The maximum atomic E-state index is 14.7.